The molecule has 25 heavy (non-hydrogen) atoms. The van der Waals surface area contributed by atoms with Gasteiger partial charge in [-0.05, 0) is 49.8 Å². The van der Waals surface area contributed by atoms with Gasteiger partial charge in [-0.25, -0.2) is 4.79 Å². The van der Waals surface area contributed by atoms with Crippen LogP contribution in [0.2, 0.25) is 0 Å². The Bertz CT molecular complexity index is 692. The van der Waals surface area contributed by atoms with Crippen LogP contribution in [0.4, 0.5) is 0 Å². The number of piperazine rings is 1. The van der Waals surface area contributed by atoms with Crippen molar-refractivity contribution in [2.45, 2.75) is 69.5 Å². The molecule has 5 nitrogen and oxygen atoms in total. The van der Waals surface area contributed by atoms with Gasteiger partial charge in [0.2, 0.25) is 0 Å². The smallest absolute Gasteiger partial charge is 0.338 e. The predicted molar refractivity (Wildman–Crippen MR) is 96.0 cm³/mol. The maximum Gasteiger partial charge on any atom is 0.338 e. The highest BCUT2D eigenvalue weighted by atomic mass is 35.5. The second kappa shape index (κ2) is 6.23. The third kappa shape index (κ3) is 2.52. The average Bonchev–Trinajstić information content (AvgIpc) is 3.21. The number of hydrogen-bond donors (Lipinski definition) is 2. The minimum Gasteiger partial charge on any atom is -0.457 e. The molecule has 1 aromatic carbocycles. The van der Waals surface area contributed by atoms with Crippen molar-refractivity contribution >= 4 is 18.4 Å². The highest BCUT2D eigenvalue weighted by molar-refractivity contribution is 5.93. The number of rotatable bonds is 3. The Labute approximate surface area is 154 Å². The fourth-order valence-corrected chi connectivity index (χ4v) is 5.49. The quantitative estimate of drug-likeness (QED) is 0.804. The molecule has 4 aliphatic heterocycles. The maximum absolute atomic E-state index is 11.7. The van der Waals surface area contributed by atoms with Crippen molar-refractivity contribution in [1.82, 2.24) is 10.2 Å². The van der Waals surface area contributed by atoms with Crippen molar-refractivity contribution in [3.8, 4) is 0 Å². The Kier molecular flexibility index (Phi) is 4.31. The molecule has 3 saturated heterocycles. The zero-order chi connectivity index (χ0) is 16.4. The molecule has 5 rings (SSSR count). The van der Waals surface area contributed by atoms with E-state index in [-0.39, 0.29) is 18.4 Å². The lowest BCUT2D eigenvalue weighted by Crippen LogP contribution is -2.59. The number of benzene rings is 1. The molecule has 2 N–H and O–H groups in total. The standard InChI is InChI=1S/C19H24N2O3.ClH/c1-10-11(2-3-12-13(10)9-24-19(12)23)18(22)8-21-16-6-7-17(21)15-5-4-14(16)20-15;/h2-3,14-18,20,22H,4-9H2,1H3;1H/t14?,15?,16?,17?,18-;/m0./s1. The largest absolute Gasteiger partial charge is 0.457 e. The minimum absolute atomic E-state index is 0. The Morgan fingerprint density at radius 2 is 1.92 bits per heavy atom. The number of ether oxygens (including phenoxy) is 1. The summed E-state index contributed by atoms with van der Waals surface area (Å²) >= 11 is 0. The first-order valence-electron chi connectivity index (χ1n) is 9.13. The van der Waals surface area contributed by atoms with E-state index in [0.717, 1.165) is 16.7 Å². The summed E-state index contributed by atoms with van der Waals surface area (Å²) in [5.41, 5.74) is 3.55. The Morgan fingerprint density at radius 3 is 2.60 bits per heavy atom. The second-order valence-corrected chi connectivity index (χ2v) is 7.76. The van der Waals surface area contributed by atoms with Crippen LogP contribution in [0.1, 0.15) is 58.8 Å². The molecule has 0 aromatic heterocycles. The van der Waals surface area contributed by atoms with Gasteiger partial charge < -0.3 is 15.2 Å². The zero-order valence-electron chi connectivity index (χ0n) is 14.4. The lowest BCUT2D eigenvalue weighted by Gasteiger charge is -2.41. The highest BCUT2D eigenvalue weighted by Gasteiger charge is 2.50. The van der Waals surface area contributed by atoms with Crippen molar-refractivity contribution in [2.24, 2.45) is 0 Å². The molecule has 136 valence electrons. The van der Waals surface area contributed by atoms with Gasteiger partial charge in [-0.2, -0.15) is 0 Å². The third-order valence-corrected chi connectivity index (χ3v) is 6.71. The summed E-state index contributed by atoms with van der Waals surface area (Å²) in [4.78, 5) is 14.2. The molecule has 3 fully saturated rings. The molecule has 1 aromatic rings. The second-order valence-electron chi connectivity index (χ2n) is 7.76. The summed E-state index contributed by atoms with van der Waals surface area (Å²) in [6.45, 7) is 3.03. The normalized spacial score (nSPS) is 33.8. The summed E-state index contributed by atoms with van der Waals surface area (Å²) in [5.74, 6) is -0.245. The Balaban J connectivity index is 0.00000157. The fourth-order valence-electron chi connectivity index (χ4n) is 5.49. The number of aliphatic hydroxyl groups is 1. The van der Waals surface area contributed by atoms with Crippen LogP contribution in [0.5, 0.6) is 0 Å². The predicted octanol–water partition coefficient (Wildman–Crippen LogP) is 2.09. The van der Waals surface area contributed by atoms with Crippen molar-refractivity contribution in [3.05, 3.63) is 34.4 Å². The van der Waals surface area contributed by atoms with Gasteiger partial charge >= 0.3 is 5.97 Å². The summed E-state index contributed by atoms with van der Waals surface area (Å²) in [7, 11) is 0. The van der Waals surface area contributed by atoms with E-state index in [4.69, 9.17) is 4.74 Å². The molecule has 0 radical (unpaired) electrons. The average molecular weight is 365 g/mol. The third-order valence-electron chi connectivity index (χ3n) is 6.71. The van der Waals surface area contributed by atoms with E-state index < -0.39 is 6.10 Å². The van der Waals surface area contributed by atoms with Crippen LogP contribution in [0, 0.1) is 6.92 Å². The van der Waals surface area contributed by atoms with Crippen molar-refractivity contribution in [2.75, 3.05) is 6.54 Å². The van der Waals surface area contributed by atoms with Gasteiger partial charge in [0.15, 0.2) is 0 Å². The van der Waals surface area contributed by atoms with E-state index in [1.54, 1.807) is 0 Å². The van der Waals surface area contributed by atoms with Crippen molar-refractivity contribution in [3.63, 3.8) is 0 Å². The molecular weight excluding hydrogens is 340 g/mol. The molecule has 4 bridgehead atoms. The minimum atomic E-state index is -0.508. The molecule has 0 aliphatic carbocycles. The number of esters is 1. The monoisotopic (exact) mass is 364 g/mol. The van der Waals surface area contributed by atoms with Crippen molar-refractivity contribution in [1.29, 1.82) is 0 Å². The molecule has 5 atom stereocenters. The van der Waals surface area contributed by atoms with Gasteiger partial charge in [-0.15, -0.1) is 12.4 Å². The number of halogens is 1. The van der Waals surface area contributed by atoms with Gasteiger partial charge in [0, 0.05) is 36.3 Å². The van der Waals surface area contributed by atoms with E-state index >= 15 is 0 Å². The molecule has 0 saturated carbocycles. The van der Waals surface area contributed by atoms with Crippen LogP contribution in [-0.4, -0.2) is 46.7 Å². The maximum atomic E-state index is 11.7. The Hall–Kier alpha value is -1.14. The first-order valence-corrected chi connectivity index (χ1v) is 9.13. The molecular formula is C19H25ClN2O3. The van der Waals surface area contributed by atoms with E-state index in [1.165, 1.54) is 25.7 Å². The Morgan fingerprint density at radius 1 is 1.24 bits per heavy atom. The fraction of sp³-hybridized carbons (Fsp3) is 0.632. The van der Waals surface area contributed by atoms with E-state index in [2.05, 4.69) is 10.2 Å². The number of carbonyl (C=O) groups is 1. The van der Waals surface area contributed by atoms with Gasteiger partial charge in [0.1, 0.15) is 6.61 Å². The van der Waals surface area contributed by atoms with E-state index in [1.807, 2.05) is 19.1 Å². The van der Waals surface area contributed by atoms with Crippen LogP contribution in [-0.2, 0) is 11.3 Å². The number of nitrogens with one attached hydrogen (secondary N) is 1. The first kappa shape index (κ1) is 17.3. The molecule has 4 aliphatic rings. The van der Waals surface area contributed by atoms with Crippen LogP contribution in [0.3, 0.4) is 0 Å². The van der Waals surface area contributed by atoms with Gasteiger partial charge in [0.25, 0.3) is 0 Å². The van der Waals surface area contributed by atoms with Gasteiger partial charge in [0.05, 0.1) is 11.7 Å². The zero-order valence-corrected chi connectivity index (χ0v) is 15.2. The number of cyclic esters (lactones) is 1. The van der Waals surface area contributed by atoms with Gasteiger partial charge in [-0.3, -0.25) is 4.90 Å². The number of nitrogens with zero attached hydrogens (tertiary/aromatic N) is 1. The number of aliphatic hydroxyl groups excluding tert-OH is 1. The topological polar surface area (TPSA) is 61.8 Å². The van der Waals surface area contributed by atoms with Crippen LogP contribution < -0.4 is 5.32 Å². The molecule has 0 spiro atoms. The summed E-state index contributed by atoms with van der Waals surface area (Å²) < 4.78 is 5.13. The highest BCUT2D eigenvalue weighted by Crippen LogP contribution is 2.41. The number of hydrogen-bond acceptors (Lipinski definition) is 5. The van der Waals surface area contributed by atoms with E-state index in [0.29, 0.717) is 42.9 Å². The lowest BCUT2D eigenvalue weighted by molar-refractivity contribution is 0.0482. The molecule has 4 unspecified atom stereocenters. The number of fused-ring (bicyclic) bond motifs is 7. The van der Waals surface area contributed by atoms with E-state index in [9.17, 15) is 9.90 Å². The first-order chi connectivity index (χ1) is 11.6. The SMILES string of the molecule is Cc1c([C@@H](O)CN2C3CCC2C2CCC3N2)ccc2c1COC2=O.Cl. The van der Waals surface area contributed by atoms with Crippen LogP contribution in [0.15, 0.2) is 12.1 Å². The van der Waals surface area contributed by atoms with Crippen LogP contribution >= 0.6 is 12.4 Å². The number of carbonyl (C=O) groups excluding carboxylic acids is 1. The van der Waals surface area contributed by atoms with Crippen molar-refractivity contribution < 1.29 is 14.6 Å². The summed E-state index contributed by atoms with van der Waals surface area (Å²) in [6.07, 6.45) is 4.53. The van der Waals surface area contributed by atoms with Crippen LogP contribution in [0.25, 0.3) is 0 Å². The van der Waals surface area contributed by atoms with Gasteiger partial charge in [-0.1, -0.05) is 6.07 Å². The summed E-state index contributed by atoms with van der Waals surface area (Å²) in [6, 6.07) is 6.07. The summed E-state index contributed by atoms with van der Waals surface area (Å²) in [5, 5.41) is 14.7. The lowest BCUT2D eigenvalue weighted by atomic mass is 9.94. The molecule has 4 heterocycles. The molecule has 0 amide bonds. The molecule has 6 heteroatoms.